The molecule has 2 atom stereocenters. The average Bonchev–Trinajstić information content (AvgIpc) is 2.19. The first-order valence-corrected chi connectivity index (χ1v) is 6.31. The van der Waals surface area contributed by atoms with Crippen LogP contribution in [-0.4, -0.2) is 23.9 Å². The predicted molar refractivity (Wildman–Crippen MR) is 69.5 cm³/mol. The van der Waals surface area contributed by atoms with E-state index in [1.165, 1.54) is 5.57 Å². The fourth-order valence-electron chi connectivity index (χ4n) is 1.91. The molecular formula is C14H28O2. The van der Waals surface area contributed by atoms with E-state index in [1.54, 1.807) is 0 Å². The summed E-state index contributed by atoms with van der Waals surface area (Å²) < 4.78 is 5.91. The molecule has 1 N–H and O–H groups in total. The molecule has 16 heavy (non-hydrogen) atoms. The number of hydrogen-bond acceptors (Lipinski definition) is 2. The Kier molecular flexibility index (Phi) is 6.27. The minimum Gasteiger partial charge on any atom is -0.392 e. The van der Waals surface area contributed by atoms with Crippen LogP contribution >= 0.6 is 0 Å². The maximum Gasteiger partial charge on any atom is 0.0785 e. The topological polar surface area (TPSA) is 29.5 Å². The van der Waals surface area contributed by atoms with Gasteiger partial charge >= 0.3 is 0 Å². The van der Waals surface area contributed by atoms with Gasteiger partial charge in [0.25, 0.3) is 0 Å². The van der Waals surface area contributed by atoms with Gasteiger partial charge in [0.2, 0.25) is 0 Å². The van der Waals surface area contributed by atoms with Gasteiger partial charge in [-0.1, -0.05) is 40.2 Å². The highest BCUT2D eigenvalue weighted by Crippen LogP contribution is 2.34. The number of rotatable bonds is 1. The van der Waals surface area contributed by atoms with Gasteiger partial charge in [-0.05, 0) is 31.3 Å². The number of hydrogen-bond donors (Lipinski definition) is 1. The molecule has 1 aliphatic heterocycles. The smallest absolute Gasteiger partial charge is 0.0785 e. The Labute approximate surface area is 101 Å². The lowest BCUT2D eigenvalue weighted by molar-refractivity contribution is -0.0575. The molecule has 1 rings (SSSR count). The highest BCUT2D eigenvalue weighted by atomic mass is 16.5. The molecule has 0 aromatic heterocycles. The fourth-order valence-corrected chi connectivity index (χ4v) is 1.91. The van der Waals surface area contributed by atoms with Crippen LogP contribution < -0.4 is 0 Å². The molecule has 0 radical (unpaired) electrons. The van der Waals surface area contributed by atoms with Crippen LogP contribution in [0.25, 0.3) is 0 Å². The van der Waals surface area contributed by atoms with Crippen LogP contribution in [0.4, 0.5) is 0 Å². The molecule has 0 amide bonds. The second-order valence-electron chi connectivity index (χ2n) is 5.30. The molecule has 0 spiro atoms. The minimum atomic E-state index is 0.0676. The Hall–Kier alpha value is -0.340. The molecule has 2 heteroatoms. The maximum absolute atomic E-state index is 9.18. The lowest BCUT2D eigenvalue weighted by Gasteiger charge is -2.38. The van der Waals surface area contributed by atoms with E-state index in [9.17, 15) is 5.11 Å². The third-order valence-electron chi connectivity index (χ3n) is 3.04. The third-order valence-corrected chi connectivity index (χ3v) is 3.04. The van der Waals surface area contributed by atoms with Gasteiger partial charge < -0.3 is 9.84 Å². The summed E-state index contributed by atoms with van der Waals surface area (Å²) in [6.07, 6.45) is 1.29. The Morgan fingerprint density at radius 3 is 2.12 bits per heavy atom. The average molecular weight is 228 g/mol. The Morgan fingerprint density at radius 1 is 1.31 bits per heavy atom. The standard InChI is InChI=1S/C12H22O2.C2H6/c1-8-6-11(12(3,4)5)14-9(2)10(8)7-13;1-2/h9,11,13H,6-7H2,1-5H3;1-2H3. The highest BCUT2D eigenvalue weighted by molar-refractivity contribution is 5.20. The summed E-state index contributed by atoms with van der Waals surface area (Å²) in [5.41, 5.74) is 2.54. The van der Waals surface area contributed by atoms with E-state index in [-0.39, 0.29) is 24.2 Å². The lowest BCUT2D eigenvalue weighted by atomic mass is 9.82. The summed E-state index contributed by atoms with van der Waals surface area (Å²) in [7, 11) is 0. The van der Waals surface area contributed by atoms with Gasteiger partial charge in [0.1, 0.15) is 0 Å². The van der Waals surface area contributed by atoms with Crippen molar-refractivity contribution in [3.63, 3.8) is 0 Å². The quantitative estimate of drug-likeness (QED) is 0.696. The molecular weight excluding hydrogens is 200 g/mol. The van der Waals surface area contributed by atoms with Crippen LogP contribution in [0.5, 0.6) is 0 Å². The van der Waals surface area contributed by atoms with Gasteiger partial charge in [-0.2, -0.15) is 0 Å². The molecule has 0 saturated carbocycles. The zero-order valence-corrected chi connectivity index (χ0v) is 11.9. The molecule has 2 nitrogen and oxygen atoms in total. The summed E-state index contributed by atoms with van der Waals surface area (Å²) >= 11 is 0. The summed E-state index contributed by atoms with van der Waals surface area (Å²) in [5, 5.41) is 9.18. The SMILES string of the molecule is CC.CC1=C(CO)C(C)OC(C(C)(C)C)C1. The van der Waals surface area contributed by atoms with Gasteiger partial charge in [-0.15, -0.1) is 0 Å². The van der Waals surface area contributed by atoms with Gasteiger partial charge in [0.05, 0.1) is 18.8 Å². The summed E-state index contributed by atoms with van der Waals surface area (Å²) in [4.78, 5) is 0. The van der Waals surface area contributed by atoms with E-state index in [2.05, 4.69) is 27.7 Å². The van der Waals surface area contributed by atoms with Crippen molar-refractivity contribution >= 4 is 0 Å². The monoisotopic (exact) mass is 228 g/mol. The maximum atomic E-state index is 9.18. The van der Waals surface area contributed by atoms with Crippen LogP contribution in [0.2, 0.25) is 0 Å². The van der Waals surface area contributed by atoms with E-state index in [0.717, 1.165) is 12.0 Å². The normalized spacial score (nSPS) is 26.2. The molecule has 2 unspecified atom stereocenters. The second-order valence-corrected chi connectivity index (χ2v) is 5.30. The molecule has 0 aliphatic carbocycles. The molecule has 0 bridgehead atoms. The zero-order valence-electron chi connectivity index (χ0n) is 11.9. The Morgan fingerprint density at radius 2 is 1.81 bits per heavy atom. The second kappa shape index (κ2) is 6.41. The number of ether oxygens (including phenoxy) is 1. The molecule has 1 heterocycles. The first kappa shape index (κ1) is 15.7. The molecule has 1 aliphatic rings. The van der Waals surface area contributed by atoms with Crippen LogP contribution in [-0.2, 0) is 4.74 Å². The van der Waals surface area contributed by atoms with Gasteiger partial charge in [0, 0.05) is 0 Å². The van der Waals surface area contributed by atoms with E-state index in [4.69, 9.17) is 4.74 Å². The van der Waals surface area contributed by atoms with Crippen molar-refractivity contribution in [1.29, 1.82) is 0 Å². The lowest BCUT2D eigenvalue weighted by Crippen LogP contribution is -2.37. The van der Waals surface area contributed by atoms with Crippen molar-refractivity contribution in [2.75, 3.05) is 6.61 Å². The van der Waals surface area contributed by atoms with Crippen LogP contribution in [0, 0.1) is 5.41 Å². The summed E-state index contributed by atoms with van der Waals surface area (Å²) in [6, 6.07) is 0. The summed E-state index contributed by atoms with van der Waals surface area (Å²) in [6.45, 7) is 14.8. The predicted octanol–water partition coefficient (Wildman–Crippen LogP) is 3.54. The van der Waals surface area contributed by atoms with E-state index in [1.807, 2.05) is 20.8 Å². The highest BCUT2D eigenvalue weighted by Gasteiger charge is 2.32. The van der Waals surface area contributed by atoms with E-state index >= 15 is 0 Å². The summed E-state index contributed by atoms with van der Waals surface area (Å²) in [5.74, 6) is 0. The third kappa shape index (κ3) is 3.91. The van der Waals surface area contributed by atoms with Gasteiger partial charge in [-0.25, -0.2) is 0 Å². The molecule has 0 fully saturated rings. The first-order valence-electron chi connectivity index (χ1n) is 6.31. The van der Waals surface area contributed by atoms with Crippen molar-refractivity contribution in [3.8, 4) is 0 Å². The van der Waals surface area contributed by atoms with Crippen LogP contribution in [0.15, 0.2) is 11.1 Å². The molecule has 0 saturated heterocycles. The van der Waals surface area contributed by atoms with E-state index in [0.29, 0.717) is 0 Å². The first-order chi connectivity index (χ1) is 7.36. The number of aliphatic hydroxyl groups is 1. The zero-order chi connectivity index (χ0) is 12.9. The van der Waals surface area contributed by atoms with Crippen LogP contribution in [0.3, 0.4) is 0 Å². The van der Waals surface area contributed by atoms with Crippen molar-refractivity contribution in [2.24, 2.45) is 5.41 Å². The minimum absolute atomic E-state index is 0.0676. The Balaban J connectivity index is 0.00000106. The Bertz CT molecular complexity index is 236. The van der Waals surface area contributed by atoms with Crippen molar-refractivity contribution in [3.05, 3.63) is 11.1 Å². The largest absolute Gasteiger partial charge is 0.392 e. The van der Waals surface area contributed by atoms with Crippen molar-refractivity contribution in [2.45, 2.75) is 67.1 Å². The molecule has 0 aromatic carbocycles. The number of aliphatic hydroxyl groups excluding tert-OH is 1. The molecule has 0 aromatic rings. The van der Waals surface area contributed by atoms with Crippen molar-refractivity contribution < 1.29 is 9.84 Å². The van der Waals surface area contributed by atoms with Crippen molar-refractivity contribution in [1.82, 2.24) is 0 Å². The van der Waals surface area contributed by atoms with E-state index < -0.39 is 0 Å². The van der Waals surface area contributed by atoms with Crippen LogP contribution in [0.1, 0.15) is 54.9 Å². The van der Waals surface area contributed by atoms with Gasteiger partial charge in [-0.3, -0.25) is 0 Å². The molecule has 96 valence electrons. The van der Waals surface area contributed by atoms with Gasteiger partial charge in [0.15, 0.2) is 0 Å². The fraction of sp³-hybridized carbons (Fsp3) is 0.857.